The summed E-state index contributed by atoms with van der Waals surface area (Å²) < 4.78 is 5.07. The highest BCUT2D eigenvalue weighted by atomic mass is 16.5. The molecule has 1 unspecified atom stereocenters. The van der Waals surface area contributed by atoms with Gasteiger partial charge >= 0.3 is 5.97 Å². The minimum Gasteiger partial charge on any atom is -0.461 e. The second-order valence-corrected chi connectivity index (χ2v) is 3.69. The first kappa shape index (κ1) is 11.7. The fourth-order valence-corrected chi connectivity index (χ4v) is 1.37. The van der Waals surface area contributed by atoms with Gasteiger partial charge in [-0.2, -0.15) is 0 Å². The molecule has 1 aromatic carbocycles. The standard InChI is InChI=1S/C12H17NO2/c1-9-3-5-11(6-4-9)7-10(2)15-12(14)8-13/h3-6,10H,7-8,13H2,1-2H3. The summed E-state index contributed by atoms with van der Waals surface area (Å²) in [7, 11) is 0. The Kier molecular flexibility index (Phi) is 4.31. The van der Waals surface area contributed by atoms with E-state index < -0.39 is 0 Å². The van der Waals surface area contributed by atoms with E-state index >= 15 is 0 Å². The van der Waals surface area contributed by atoms with Gasteiger partial charge in [-0.3, -0.25) is 4.79 Å². The lowest BCUT2D eigenvalue weighted by molar-refractivity contribution is -0.146. The molecule has 2 N–H and O–H groups in total. The quantitative estimate of drug-likeness (QED) is 0.760. The minimum absolute atomic E-state index is 0.0573. The van der Waals surface area contributed by atoms with E-state index in [0.717, 1.165) is 12.0 Å². The van der Waals surface area contributed by atoms with Crippen molar-refractivity contribution in [2.75, 3.05) is 6.54 Å². The summed E-state index contributed by atoms with van der Waals surface area (Å²) in [4.78, 5) is 10.9. The molecular weight excluding hydrogens is 190 g/mol. The number of carbonyl (C=O) groups is 1. The SMILES string of the molecule is Cc1ccc(CC(C)OC(=O)CN)cc1. The number of esters is 1. The molecule has 0 aromatic heterocycles. The van der Waals surface area contributed by atoms with Gasteiger partial charge < -0.3 is 10.5 Å². The zero-order chi connectivity index (χ0) is 11.3. The number of ether oxygens (including phenoxy) is 1. The van der Waals surface area contributed by atoms with E-state index in [0.29, 0.717) is 0 Å². The molecule has 0 fully saturated rings. The maximum absolute atomic E-state index is 10.9. The number of aryl methyl sites for hydroxylation is 1. The summed E-state index contributed by atoms with van der Waals surface area (Å²) in [5, 5.41) is 0. The predicted octanol–water partition coefficient (Wildman–Crippen LogP) is 1.43. The normalized spacial score (nSPS) is 12.2. The van der Waals surface area contributed by atoms with Crippen LogP contribution in [0.3, 0.4) is 0 Å². The van der Waals surface area contributed by atoms with Crippen molar-refractivity contribution in [3.05, 3.63) is 35.4 Å². The lowest BCUT2D eigenvalue weighted by atomic mass is 10.1. The topological polar surface area (TPSA) is 52.3 Å². The Hall–Kier alpha value is -1.35. The molecule has 0 aliphatic rings. The van der Waals surface area contributed by atoms with Crippen LogP contribution in [0.15, 0.2) is 24.3 Å². The predicted molar refractivity (Wildman–Crippen MR) is 59.5 cm³/mol. The Bertz CT molecular complexity index is 319. The average molecular weight is 207 g/mol. The fourth-order valence-electron chi connectivity index (χ4n) is 1.37. The highest BCUT2D eigenvalue weighted by Crippen LogP contribution is 2.07. The molecule has 1 rings (SSSR count). The Labute approximate surface area is 90.2 Å². The fraction of sp³-hybridized carbons (Fsp3) is 0.417. The van der Waals surface area contributed by atoms with Gasteiger partial charge in [0.1, 0.15) is 6.10 Å². The minimum atomic E-state index is -0.352. The van der Waals surface area contributed by atoms with E-state index in [1.807, 2.05) is 38.1 Å². The van der Waals surface area contributed by atoms with Gasteiger partial charge in [-0.15, -0.1) is 0 Å². The van der Waals surface area contributed by atoms with Gasteiger partial charge in [0.2, 0.25) is 0 Å². The monoisotopic (exact) mass is 207 g/mol. The smallest absolute Gasteiger partial charge is 0.319 e. The van der Waals surface area contributed by atoms with Crippen molar-refractivity contribution in [2.45, 2.75) is 26.4 Å². The Balaban J connectivity index is 2.47. The first-order chi connectivity index (χ1) is 7.11. The van der Waals surface area contributed by atoms with E-state index in [1.165, 1.54) is 5.56 Å². The highest BCUT2D eigenvalue weighted by molar-refractivity contribution is 5.71. The lowest BCUT2D eigenvalue weighted by Gasteiger charge is -2.12. The first-order valence-electron chi connectivity index (χ1n) is 5.07. The Morgan fingerprint density at radius 2 is 2.00 bits per heavy atom. The molecule has 3 heteroatoms. The van der Waals surface area contributed by atoms with E-state index in [1.54, 1.807) is 0 Å². The van der Waals surface area contributed by atoms with Crippen molar-refractivity contribution < 1.29 is 9.53 Å². The third kappa shape index (κ3) is 4.13. The van der Waals surface area contributed by atoms with Crippen LogP contribution >= 0.6 is 0 Å². The molecule has 15 heavy (non-hydrogen) atoms. The first-order valence-corrected chi connectivity index (χ1v) is 5.07. The summed E-state index contributed by atoms with van der Waals surface area (Å²) in [5.74, 6) is -0.352. The number of rotatable bonds is 4. The molecule has 0 saturated heterocycles. The van der Waals surface area contributed by atoms with Gasteiger partial charge in [-0.05, 0) is 19.4 Å². The van der Waals surface area contributed by atoms with Crippen LogP contribution in [-0.2, 0) is 16.0 Å². The van der Waals surface area contributed by atoms with Crippen molar-refractivity contribution in [1.29, 1.82) is 0 Å². The van der Waals surface area contributed by atoms with Crippen LogP contribution < -0.4 is 5.73 Å². The number of carbonyl (C=O) groups excluding carboxylic acids is 1. The number of nitrogens with two attached hydrogens (primary N) is 1. The van der Waals surface area contributed by atoms with Crippen LogP contribution in [0.2, 0.25) is 0 Å². The van der Waals surface area contributed by atoms with Crippen LogP contribution in [0.5, 0.6) is 0 Å². The van der Waals surface area contributed by atoms with Crippen LogP contribution in [0.25, 0.3) is 0 Å². The molecular formula is C12H17NO2. The van der Waals surface area contributed by atoms with Gasteiger partial charge in [-0.1, -0.05) is 29.8 Å². The summed E-state index contributed by atoms with van der Waals surface area (Å²) in [6.45, 7) is 3.85. The highest BCUT2D eigenvalue weighted by Gasteiger charge is 2.08. The lowest BCUT2D eigenvalue weighted by Crippen LogP contribution is -2.23. The van der Waals surface area contributed by atoms with Crippen LogP contribution in [0.4, 0.5) is 0 Å². The van der Waals surface area contributed by atoms with E-state index in [-0.39, 0.29) is 18.6 Å². The molecule has 3 nitrogen and oxygen atoms in total. The third-order valence-corrected chi connectivity index (χ3v) is 2.14. The number of hydrogen-bond acceptors (Lipinski definition) is 3. The second kappa shape index (κ2) is 5.51. The molecule has 1 aromatic rings. The molecule has 0 heterocycles. The molecule has 0 bridgehead atoms. The molecule has 0 aliphatic heterocycles. The van der Waals surface area contributed by atoms with E-state index in [2.05, 4.69) is 0 Å². The average Bonchev–Trinajstić information content (AvgIpc) is 2.21. The van der Waals surface area contributed by atoms with Gasteiger partial charge in [0.15, 0.2) is 0 Å². The van der Waals surface area contributed by atoms with E-state index in [4.69, 9.17) is 10.5 Å². The molecule has 1 atom stereocenters. The van der Waals surface area contributed by atoms with Gasteiger partial charge in [-0.25, -0.2) is 0 Å². The van der Waals surface area contributed by atoms with Crippen LogP contribution in [0, 0.1) is 6.92 Å². The third-order valence-electron chi connectivity index (χ3n) is 2.14. The molecule has 82 valence electrons. The Morgan fingerprint density at radius 1 is 1.40 bits per heavy atom. The molecule has 0 spiro atoms. The summed E-state index contributed by atoms with van der Waals surface area (Å²) >= 11 is 0. The van der Waals surface area contributed by atoms with Gasteiger partial charge in [0.25, 0.3) is 0 Å². The van der Waals surface area contributed by atoms with Crippen molar-refractivity contribution in [1.82, 2.24) is 0 Å². The van der Waals surface area contributed by atoms with Gasteiger partial charge in [0.05, 0.1) is 6.54 Å². The summed E-state index contributed by atoms with van der Waals surface area (Å²) in [6.07, 6.45) is 0.607. The van der Waals surface area contributed by atoms with E-state index in [9.17, 15) is 4.79 Å². The Morgan fingerprint density at radius 3 is 2.53 bits per heavy atom. The van der Waals surface area contributed by atoms with Crippen molar-refractivity contribution in [3.8, 4) is 0 Å². The van der Waals surface area contributed by atoms with Crippen molar-refractivity contribution in [2.24, 2.45) is 5.73 Å². The zero-order valence-corrected chi connectivity index (χ0v) is 9.19. The summed E-state index contributed by atoms with van der Waals surface area (Å²) in [5.41, 5.74) is 7.55. The molecule has 0 aliphatic carbocycles. The maximum Gasteiger partial charge on any atom is 0.319 e. The second-order valence-electron chi connectivity index (χ2n) is 3.69. The molecule has 0 amide bonds. The van der Waals surface area contributed by atoms with Crippen LogP contribution in [0.1, 0.15) is 18.1 Å². The van der Waals surface area contributed by atoms with Crippen molar-refractivity contribution >= 4 is 5.97 Å². The van der Waals surface area contributed by atoms with Crippen LogP contribution in [-0.4, -0.2) is 18.6 Å². The van der Waals surface area contributed by atoms with Crippen molar-refractivity contribution in [3.63, 3.8) is 0 Å². The molecule has 0 saturated carbocycles. The maximum atomic E-state index is 10.9. The zero-order valence-electron chi connectivity index (χ0n) is 9.19. The van der Waals surface area contributed by atoms with Gasteiger partial charge in [0, 0.05) is 6.42 Å². The number of benzene rings is 1. The number of hydrogen-bond donors (Lipinski definition) is 1. The molecule has 0 radical (unpaired) electrons. The largest absolute Gasteiger partial charge is 0.461 e. The summed E-state index contributed by atoms with van der Waals surface area (Å²) in [6, 6.07) is 8.18.